The largest absolute Gasteiger partial charge is 0.340 e. The minimum atomic E-state index is -0.519. The number of rotatable bonds is 5. The predicted molar refractivity (Wildman–Crippen MR) is 99.5 cm³/mol. The van der Waals surface area contributed by atoms with Crippen molar-refractivity contribution in [2.45, 2.75) is 19.5 Å². The van der Waals surface area contributed by atoms with E-state index in [9.17, 15) is 9.18 Å². The topological polar surface area (TPSA) is 75.9 Å². The summed E-state index contributed by atoms with van der Waals surface area (Å²) in [5.74, 6) is 1.06. The summed E-state index contributed by atoms with van der Waals surface area (Å²) in [4.78, 5) is 18.7. The van der Waals surface area contributed by atoms with Crippen molar-refractivity contribution in [2.24, 2.45) is 0 Å². The zero-order chi connectivity index (χ0) is 19.0. The second-order valence-corrected chi connectivity index (χ2v) is 6.60. The molecule has 8 heteroatoms. The molecule has 138 valence electrons. The van der Waals surface area contributed by atoms with Crippen molar-refractivity contribution in [3.8, 4) is 11.5 Å². The van der Waals surface area contributed by atoms with Crippen molar-refractivity contribution >= 4 is 17.4 Å². The number of carbonyl (C=O) groups excluding carboxylic acids is 1. The second kappa shape index (κ2) is 6.79. The fourth-order valence-corrected chi connectivity index (χ4v) is 3.20. The number of alkyl halides is 1. The molecule has 0 bridgehead atoms. The van der Waals surface area contributed by atoms with Gasteiger partial charge in [-0.1, -0.05) is 18.2 Å². The SMILES string of the molecule is CC(CF)n1cnnc1-c1cccc(Nc2cccc3c2C(=O)N(C)C3)n1. The number of halogens is 1. The molecule has 2 aromatic heterocycles. The van der Waals surface area contributed by atoms with Gasteiger partial charge in [-0.25, -0.2) is 9.37 Å². The maximum Gasteiger partial charge on any atom is 0.256 e. The Hall–Kier alpha value is -3.29. The van der Waals surface area contributed by atoms with Gasteiger partial charge in [0.05, 0.1) is 17.3 Å². The van der Waals surface area contributed by atoms with E-state index in [1.165, 1.54) is 6.33 Å². The van der Waals surface area contributed by atoms with Crippen molar-refractivity contribution in [1.29, 1.82) is 0 Å². The van der Waals surface area contributed by atoms with E-state index in [2.05, 4.69) is 20.5 Å². The molecule has 0 fully saturated rings. The maximum atomic E-state index is 13.1. The van der Waals surface area contributed by atoms with E-state index in [1.54, 1.807) is 29.5 Å². The van der Waals surface area contributed by atoms with Gasteiger partial charge in [-0.3, -0.25) is 4.79 Å². The van der Waals surface area contributed by atoms with Gasteiger partial charge in [0.2, 0.25) is 0 Å². The van der Waals surface area contributed by atoms with Gasteiger partial charge in [0.1, 0.15) is 24.5 Å². The lowest BCUT2D eigenvalue weighted by atomic mass is 10.1. The van der Waals surface area contributed by atoms with Crippen LogP contribution in [0.4, 0.5) is 15.9 Å². The summed E-state index contributed by atoms with van der Waals surface area (Å²) in [7, 11) is 1.78. The van der Waals surface area contributed by atoms with E-state index in [1.807, 2.05) is 30.3 Å². The average molecular weight is 366 g/mol. The van der Waals surface area contributed by atoms with Crippen LogP contribution in [0, 0.1) is 0 Å². The summed E-state index contributed by atoms with van der Waals surface area (Å²) in [6.45, 7) is 1.83. The number of aromatic nitrogens is 4. The number of anilines is 2. The van der Waals surface area contributed by atoms with Gasteiger partial charge < -0.3 is 14.8 Å². The summed E-state index contributed by atoms with van der Waals surface area (Å²) in [6, 6.07) is 10.8. The first-order valence-electron chi connectivity index (χ1n) is 8.65. The van der Waals surface area contributed by atoms with Crippen LogP contribution in [0.15, 0.2) is 42.7 Å². The monoisotopic (exact) mass is 366 g/mol. The van der Waals surface area contributed by atoms with Crippen LogP contribution >= 0.6 is 0 Å². The van der Waals surface area contributed by atoms with Crippen molar-refractivity contribution in [3.63, 3.8) is 0 Å². The van der Waals surface area contributed by atoms with Gasteiger partial charge in [0, 0.05) is 13.6 Å². The van der Waals surface area contributed by atoms with E-state index in [-0.39, 0.29) is 11.9 Å². The van der Waals surface area contributed by atoms with Crippen LogP contribution in [0.3, 0.4) is 0 Å². The Bertz CT molecular complexity index is 1000. The third-order valence-electron chi connectivity index (χ3n) is 4.63. The summed E-state index contributed by atoms with van der Waals surface area (Å²) in [5, 5.41) is 11.2. The Kier molecular flexibility index (Phi) is 4.31. The number of fused-ring (bicyclic) bond motifs is 1. The first-order chi connectivity index (χ1) is 13.1. The van der Waals surface area contributed by atoms with Crippen LogP contribution in [0.2, 0.25) is 0 Å². The van der Waals surface area contributed by atoms with Crippen molar-refractivity contribution in [1.82, 2.24) is 24.6 Å². The van der Waals surface area contributed by atoms with Crippen LogP contribution in [-0.2, 0) is 6.54 Å². The molecule has 4 rings (SSSR count). The quantitative estimate of drug-likeness (QED) is 0.750. The van der Waals surface area contributed by atoms with Gasteiger partial charge in [-0.2, -0.15) is 0 Å². The van der Waals surface area contributed by atoms with Crippen LogP contribution < -0.4 is 5.32 Å². The van der Waals surface area contributed by atoms with Crippen LogP contribution in [0.1, 0.15) is 28.9 Å². The van der Waals surface area contributed by atoms with Gasteiger partial charge in [-0.05, 0) is 30.7 Å². The Labute approximate surface area is 155 Å². The van der Waals surface area contributed by atoms with Crippen LogP contribution in [-0.4, -0.2) is 44.3 Å². The van der Waals surface area contributed by atoms with Crippen LogP contribution in [0.25, 0.3) is 11.5 Å². The Morgan fingerprint density at radius 1 is 1.26 bits per heavy atom. The molecule has 1 unspecified atom stereocenters. The van der Waals surface area contributed by atoms with Gasteiger partial charge >= 0.3 is 0 Å². The highest BCUT2D eigenvalue weighted by atomic mass is 19.1. The fourth-order valence-electron chi connectivity index (χ4n) is 3.20. The minimum Gasteiger partial charge on any atom is -0.340 e. The Morgan fingerprint density at radius 2 is 2.07 bits per heavy atom. The molecule has 7 nitrogen and oxygen atoms in total. The standard InChI is InChI=1S/C19H19FN6O/c1-12(9-20)26-11-21-24-18(26)15-7-4-8-16(23-15)22-14-6-3-5-13-10-25(2)19(27)17(13)14/h3-8,11-12H,9-10H2,1-2H3,(H,22,23). The lowest BCUT2D eigenvalue weighted by Gasteiger charge is -2.13. The van der Waals surface area contributed by atoms with E-state index in [4.69, 9.17) is 0 Å². The molecule has 0 radical (unpaired) electrons. The summed E-state index contributed by atoms with van der Waals surface area (Å²) in [5.41, 5.74) is 2.94. The first kappa shape index (κ1) is 17.1. The normalized spacial score (nSPS) is 14.3. The molecule has 0 saturated carbocycles. The molecular weight excluding hydrogens is 347 g/mol. The van der Waals surface area contributed by atoms with E-state index in [0.717, 1.165) is 5.56 Å². The highest BCUT2D eigenvalue weighted by Crippen LogP contribution is 2.30. The number of amides is 1. The lowest BCUT2D eigenvalue weighted by Crippen LogP contribution is -2.18. The molecule has 0 spiro atoms. The molecule has 1 atom stereocenters. The second-order valence-electron chi connectivity index (χ2n) is 6.60. The molecule has 1 aliphatic heterocycles. The third-order valence-corrected chi connectivity index (χ3v) is 4.63. The third kappa shape index (κ3) is 3.03. The number of nitrogens with one attached hydrogen (secondary N) is 1. The number of hydrogen-bond acceptors (Lipinski definition) is 5. The van der Waals surface area contributed by atoms with E-state index >= 15 is 0 Å². The lowest BCUT2D eigenvalue weighted by molar-refractivity contribution is 0.0817. The molecule has 1 amide bonds. The zero-order valence-corrected chi connectivity index (χ0v) is 15.1. The number of benzene rings is 1. The summed E-state index contributed by atoms with van der Waals surface area (Å²) in [6.07, 6.45) is 1.50. The van der Waals surface area contributed by atoms with Crippen molar-refractivity contribution < 1.29 is 9.18 Å². The maximum absolute atomic E-state index is 13.1. The first-order valence-corrected chi connectivity index (χ1v) is 8.65. The average Bonchev–Trinajstić information content (AvgIpc) is 3.27. The number of carbonyl (C=O) groups is 1. The molecule has 1 aliphatic rings. The number of nitrogens with zero attached hydrogens (tertiary/aromatic N) is 5. The Morgan fingerprint density at radius 3 is 2.89 bits per heavy atom. The molecule has 1 aromatic carbocycles. The molecule has 1 N–H and O–H groups in total. The van der Waals surface area contributed by atoms with E-state index in [0.29, 0.717) is 35.1 Å². The van der Waals surface area contributed by atoms with Crippen molar-refractivity contribution in [2.75, 3.05) is 19.0 Å². The molecule has 3 heterocycles. The van der Waals surface area contributed by atoms with E-state index < -0.39 is 6.67 Å². The smallest absolute Gasteiger partial charge is 0.256 e. The predicted octanol–water partition coefficient (Wildman–Crippen LogP) is 3.20. The fraction of sp³-hybridized carbons (Fsp3) is 0.263. The number of pyridine rings is 1. The molecule has 0 saturated heterocycles. The summed E-state index contributed by atoms with van der Waals surface area (Å²) < 4.78 is 14.7. The van der Waals surface area contributed by atoms with Gasteiger partial charge in [0.25, 0.3) is 5.91 Å². The number of hydrogen-bond donors (Lipinski definition) is 1. The van der Waals surface area contributed by atoms with Crippen LogP contribution in [0.5, 0.6) is 0 Å². The highest BCUT2D eigenvalue weighted by Gasteiger charge is 2.27. The molecule has 0 aliphatic carbocycles. The van der Waals surface area contributed by atoms with Crippen molar-refractivity contribution in [3.05, 3.63) is 53.9 Å². The zero-order valence-electron chi connectivity index (χ0n) is 15.1. The molecular formula is C19H19FN6O. The van der Waals surface area contributed by atoms with Gasteiger partial charge in [0.15, 0.2) is 5.82 Å². The minimum absolute atomic E-state index is 0.0132. The Balaban J connectivity index is 1.67. The molecule has 27 heavy (non-hydrogen) atoms. The highest BCUT2D eigenvalue weighted by molar-refractivity contribution is 6.03. The molecule has 3 aromatic rings. The van der Waals surface area contributed by atoms with Gasteiger partial charge in [-0.15, -0.1) is 10.2 Å². The summed E-state index contributed by atoms with van der Waals surface area (Å²) >= 11 is 0.